The lowest BCUT2D eigenvalue weighted by atomic mass is 9.98. The Morgan fingerprint density at radius 1 is 1.00 bits per heavy atom. The predicted molar refractivity (Wildman–Crippen MR) is 174 cm³/mol. The normalized spacial score (nSPS) is 17.4. The number of aliphatic hydroxyl groups excluding tert-OH is 1. The molecule has 3 aromatic carbocycles. The van der Waals surface area contributed by atoms with Crippen molar-refractivity contribution in [2.75, 3.05) is 30.1 Å². The van der Waals surface area contributed by atoms with Gasteiger partial charge in [0.2, 0.25) is 0 Å². The van der Waals surface area contributed by atoms with Gasteiger partial charge in [0.15, 0.2) is 0 Å². The number of hydrogen-bond donors (Lipinski definition) is 6. The van der Waals surface area contributed by atoms with E-state index in [-0.39, 0.29) is 35.8 Å². The summed E-state index contributed by atoms with van der Waals surface area (Å²) in [5.41, 5.74) is 2.85. The Morgan fingerprint density at radius 3 is 2.31 bits per heavy atom. The number of carbonyl (C=O) groups excluding carboxylic acids is 2. The zero-order valence-electron chi connectivity index (χ0n) is 25.7. The van der Waals surface area contributed by atoms with Gasteiger partial charge in [0.25, 0.3) is 11.8 Å². The van der Waals surface area contributed by atoms with Crippen LogP contribution in [0.15, 0.2) is 60.7 Å². The third kappa shape index (κ3) is 9.24. The molecule has 3 aromatic rings. The van der Waals surface area contributed by atoms with E-state index in [4.69, 9.17) is 0 Å². The van der Waals surface area contributed by atoms with Crippen molar-refractivity contribution < 1.29 is 32.6 Å². The zero-order chi connectivity index (χ0) is 32.7. The van der Waals surface area contributed by atoms with Gasteiger partial charge in [0.1, 0.15) is 11.6 Å². The van der Waals surface area contributed by atoms with Crippen LogP contribution in [0.2, 0.25) is 0 Å². The monoisotopic (exact) mass is 644 g/mol. The molecule has 0 saturated carbocycles. The maximum atomic E-state index is 14.1. The zero-order valence-corrected chi connectivity index (χ0v) is 26.5. The molecule has 0 fully saturated rings. The molecule has 1 aliphatic heterocycles. The fourth-order valence-corrected chi connectivity index (χ4v) is 6.98. The van der Waals surface area contributed by atoms with E-state index in [1.165, 1.54) is 6.07 Å². The Kier molecular flexibility index (Phi) is 11.6. The van der Waals surface area contributed by atoms with E-state index in [1.54, 1.807) is 36.1 Å². The second-order valence-corrected chi connectivity index (χ2v) is 13.4. The topological polar surface area (TPSA) is 134 Å². The van der Waals surface area contributed by atoms with Crippen LogP contribution in [0.3, 0.4) is 0 Å². The maximum Gasteiger partial charge on any atom is 0.253 e. The first kappa shape index (κ1) is 34.3. The van der Waals surface area contributed by atoms with Gasteiger partial charge in [-0.15, -0.1) is 10.8 Å². The minimum atomic E-state index is -3.13. The number of aryl methyl sites for hydroxylation is 1. The molecule has 12 heteroatoms. The van der Waals surface area contributed by atoms with Gasteiger partial charge in [-0.05, 0) is 79.3 Å². The maximum absolute atomic E-state index is 14.1. The summed E-state index contributed by atoms with van der Waals surface area (Å²) in [6, 6.07) is 13.5. The summed E-state index contributed by atoms with van der Waals surface area (Å²) in [7, 11) is -3.13. The van der Waals surface area contributed by atoms with Crippen LogP contribution in [0.4, 0.5) is 14.5 Å². The van der Waals surface area contributed by atoms with Gasteiger partial charge < -0.3 is 20.6 Å². The van der Waals surface area contributed by atoms with E-state index in [2.05, 4.69) is 15.4 Å². The standard InChI is InChI=1S/C33H42F2N4O5S/c1-4-10-39(11-5-2)33(42)24-13-21(3)12-23(17-24)32(41)37-29(16-22-14-25(34)18-26(35)15-22)31(40)19-36-30-20-45(43,44)38-28-9-7-6-8-27(28)30/h6-9,12-15,17-18,29-31,36,38,40,43-44H,4-5,10-11,16,19-20H2,1-3H3,(H,37,41)/t29-,30-,31+/m0/s1. The Hall–Kier alpha value is -3.55. The predicted octanol–water partition coefficient (Wildman–Crippen LogP) is 5.66. The molecule has 0 aromatic heterocycles. The smallest absolute Gasteiger partial charge is 0.253 e. The average molecular weight is 645 g/mol. The highest BCUT2D eigenvalue weighted by Crippen LogP contribution is 2.48. The number of para-hydroxylation sites is 1. The molecule has 9 nitrogen and oxygen atoms in total. The number of nitrogens with zero attached hydrogens (tertiary/aromatic N) is 1. The number of halogens is 2. The van der Waals surface area contributed by atoms with E-state index >= 15 is 0 Å². The summed E-state index contributed by atoms with van der Waals surface area (Å²) in [6.07, 6.45) is 0.237. The molecule has 6 N–H and O–H groups in total. The minimum absolute atomic E-state index is 0.0456. The fourth-order valence-electron chi connectivity index (χ4n) is 5.60. The Bertz CT molecular complexity index is 1480. The number of rotatable bonds is 13. The number of carbonyl (C=O) groups is 2. The summed E-state index contributed by atoms with van der Waals surface area (Å²) in [4.78, 5) is 28.6. The molecule has 0 bridgehead atoms. The van der Waals surface area contributed by atoms with Gasteiger partial charge in [-0.1, -0.05) is 32.0 Å². The number of anilines is 1. The molecular formula is C33H42F2N4O5S. The van der Waals surface area contributed by atoms with Crippen molar-refractivity contribution >= 4 is 28.3 Å². The van der Waals surface area contributed by atoms with Crippen molar-refractivity contribution in [2.45, 2.75) is 58.2 Å². The van der Waals surface area contributed by atoms with Gasteiger partial charge in [0.05, 0.1) is 29.6 Å². The van der Waals surface area contributed by atoms with Crippen molar-refractivity contribution in [3.8, 4) is 0 Å². The van der Waals surface area contributed by atoms with Crippen LogP contribution in [-0.2, 0) is 6.42 Å². The van der Waals surface area contributed by atoms with Crippen LogP contribution in [-0.4, -0.2) is 68.5 Å². The molecule has 0 aliphatic carbocycles. The molecule has 0 spiro atoms. The largest absolute Gasteiger partial charge is 0.390 e. The molecule has 2 amide bonds. The lowest BCUT2D eigenvalue weighted by Gasteiger charge is -2.42. The quantitative estimate of drug-likeness (QED) is 0.141. The van der Waals surface area contributed by atoms with Crippen LogP contribution in [0, 0.1) is 18.6 Å². The average Bonchev–Trinajstić information content (AvgIpc) is 2.97. The SMILES string of the molecule is CCCN(CCC)C(=O)c1cc(C)cc(C(=O)N[C@@H](Cc2cc(F)cc(F)c2)[C@H](O)CN[C@H]2CS(O)(O)Nc3ccccc32)c1. The molecule has 3 atom stereocenters. The van der Waals surface area contributed by atoms with E-state index in [1.807, 2.05) is 26.0 Å². The summed E-state index contributed by atoms with van der Waals surface area (Å²) < 4.78 is 51.7. The number of fused-ring (bicyclic) bond motifs is 1. The van der Waals surface area contributed by atoms with Gasteiger partial charge in [-0.3, -0.25) is 23.4 Å². The minimum Gasteiger partial charge on any atom is -0.390 e. The lowest BCUT2D eigenvalue weighted by Crippen LogP contribution is -2.50. The number of amides is 2. The van der Waals surface area contributed by atoms with Crippen LogP contribution >= 0.6 is 10.8 Å². The number of benzene rings is 3. The Labute approximate surface area is 264 Å². The Morgan fingerprint density at radius 2 is 1.64 bits per heavy atom. The second kappa shape index (κ2) is 15.2. The first-order chi connectivity index (χ1) is 21.4. The van der Waals surface area contributed by atoms with Crippen LogP contribution < -0.4 is 15.4 Å². The summed E-state index contributed by atoms with van der Waals surface area (Å²) in [6.45, 7) is 6.85. The molecule has 4 rings (SSSR count). The molecule has 0 unspecified atom stereocenters. The first-order valence-corrected chi connectivity index (χ1v) is 16.8. The third-order valence-corrected chi connectivity index (χ3v) is 8.95. The van der Waals surface area contributed by atoms with Gasteiger partial charge in [-0.2, -0.15) is 0 Å². The lowest BCUT2D eigenvalue weighted by molar-refractivity contribution is 0.0755. The highest BCUT2D eigenvalue weighted by Gasteiger charge is 2.31. The van der Waals surface area contributed by atoms with Crippen LogP contribution in [0.25, 0.3) is 0 Å². The second-order valence-electron chi connectivity index (χ2n) is 11.5. The summed E-state index contributed by atoms with van der Waals surface area (Å²) in [5.74, 6) is -2.36. The first-order valence-electron chi connectivity index (χ1n) is 15.1. The molecular weight excluding hydrogens is 602 g/mol. The summed E-state index contributed by atoms with van der Waals surface area (Å²) in [5, 5.41) is 17.3. The van der Waals surface area contributed by atoms with E-state index in [9.17, 15) is 32.6 Å². The van der Waals surface area contributed by atoms with E-state index < -0.39 is 46.5 Å². The fraction of sp³-hybridized carbons (Fsp3) is 0.394. The Balaban J connectivity index is 1.57. The molecule has 0 saturated heterocycles. The highest BCUT2D eigenvalue weighted by atomic mass is 32.3. The third-order valence-electron chi connectivity index (χ3n) is 7.60. The molecule has 244 valence electrons. The van der Waals surface area contributed by atoms with Gasteiger partial charge >= 0.3 is 0 Å². The van der Waals surface area contributed by atoms with Crippen LogP contribution in [0.1, 0.15) is 70.1 Å². The molecule has 0 radical (unpaired) electrons. The van der Waals surface area contributed by atoms with Crippen molar-refractivity contribution in [3.63, 3.8) is 0 Å². The molecule has 1 aliphatic rings. The van der Waals surface area contributed by atoms with Gasteiger partial charge in [0, 0.05) is 36.8 Å². The molecule has 1 heterocycles. The number of aliphatic hydroxyl groups is 1. The van der Waals surface area contributed by atoms with Crippen molar-refractivity contribution in [2.24, 2.45) is 0 Å². The summed E-state index contributed by atoms with van der Waals surface area (Å²) >= 11 is 0. The highest BCUT2D eigenvalue weighted by molar-refractivity contribution is 8.25. The number of hydrogen-bond acceptors (Lipinski definition) is 7. The number of nitrogens with one attached hydrogen (secondary N) is 3. The molecule has 45 heavy (non-hydrogen) atoms. The van der Waals surface area contributed by atoms with E-state index in [0.717, 1.165) is 36.6 Å². The van der Waals surface area contributed by atoms with Crippen molar-refractivity contribution in [3.05, 3.63) is 100 Å². The van der Waals surface area contributed by atoms with Crippen LogP contribution in [0.5, 0.6) is 0 Å². The van der Waals surface area contributed by atoms with Crippen molar-refractivity contribution in [1.82, 2.24) is 15.5 Å². The van der Waals surface area contributed by atoms with Crippen molar-refractivity contribution in [1.29, 1.82) is 0 Å². The van der Waals surface area contributed by atoms with Gasteiger partial charge in [-0.25, -0.2) is 8.78 Å². The van der Waals surface area contributed by atoms with E-state index in [0.29, 0.717) is 29.9 Å².